The summed E-state index contributed by atoms with van der Waals surface area (Å²) in [6.45, 7) is 1.85. The van der Waals surface area contributed by atoms with E-state index in [9.17, 15) is 4.79 Å². The van der Waals surface area contributed by atoms with Gasteiger partial charge in [-0.2, -0.15) is 0 Å². The van der Waals surface area contributed by atoms with E-state index in [-0.39, 0.29) is 12.4 Å². The van der Waals surface area contributed by atoms with Crippen LogP contribution in [-0.2, 0) is 16.0 Å². The van der Waals surface area contributed by atoms with Crippen LogP contribution >= 0.6 is 0 Å². The molecule has 0 atom stereocenters. The van der Waals surface area contributed by atoms with Crippen molar-refractivity contribution in [1.82, 2.24) is 15.1 Å². The fourth-order valence-corrected chi connectivity index (χ4v) is 2.04. The van der Waals surface area contributed by atoms with E-state index in [4.69, 9.17) is 4.52 Å². The Kier molecular flexibility index (Phi) is 2.98. The molecule has 0 amide bonds. The number of aryl methyl sites for hydroxylation is 1. The van der Waals surface area contributed by atoms with Crippen LogP contribution < -0.4 is 0 Å². The van der Waals surface area contributed by atoms with Gasteiger partial charge in [0.2, 0.25) is 0 Å². The first-order valence-electron chi connectivity index (χ1n) is 6.15. The molecule has 0 aliphatic carbocycles. The molecule has 20 heavy (non-hydrogen) atoms. The number of carbonyl (C=O) groups excluding carboxylic acids is 1. The number of carbonyl (C=O) groups is 1. The number of ether oxygens (including phenoxy) is 1. The molecule has 0 unspecified atom stereocenters. The molecule has 0 spiro atoms. The van der Waals surface area contributed by atoms with Gasteiger partial charge in [-0.05, 0) is 19.1 Å². The SMILES string of the molecule is COC(=O)Cc1c[nH]c2ccc(-c3cc(C)no3)nc12. The van der Waals surface area contributed by atoms with Gasteiger partial charge in [-0.15, -0.1) is 0 Å². The second kappa shape index (κ2) is 4.80. The Morgan fingerprint density at radius 2 is 2.30 bits per heavy atom. The molecule has 3 heterocycles. The summed E-state index contributed by atoms with van der Waals surface area (Å²) >= 11 is 0. The minimum atomic E-state index is -0.298. The van der Waals surface area contributed by atoms with Gasteiger partial charge in [0.1, 0.15) is 5.69 Å². The number of methoxy groups -OCH3 is 1. The quantitative estimate of drug-likeness (QED) is 0.739. The second-order valence-electron chi connectivity index (χ2n) is 4.49. The van der Waals surface area contributed by atoms with Crippen molar-refractivity contribution < 1.29 is 14.1 Å². The highest BCUT2D eigenvalue weighted by Gasteiger charge is 2.13. The van der Waals surface area contributed by atoms with Gasteiger partial charge in [0.25, 0.3) is 0 Å². The lowest BCUT2D eigenvalue weighted by molar-refractivity contribution is -0.139. The van der Waals surface area contributed by atoms with Crippen LogP contribution in [0.1, 0.15) is 11.3 Å². The lowest BCUT2D eigenvalue weighted by atomic mass is 10.2. The normalized spacial score (nSPS) is 10.9. The van der Waals surface area contributed by atoms with Gasteiger partial charge < -0.3 is 14.2 Å². The molecule has 0 aliphatic heterocycles. The maximum Gasteiger partial charge on any atom is 0.310 e. The van der Waals surface area contributed by atoms with Gasteiger partial charge in [0.15, 0.2) is 5.76 Å². The third-order valence-corrected chi connectivity index (χ3v) is 3.04. The van der Waals surface area contributed by atoms with Gasteiger partial charge in [-0.25, -0.2) is 4.98 Å². The molecule has 0 radical (unpaired) electrons. The Hall–Kier alpha value is -2.63. The van der Waals surface area contributed by atoms with E-state index in [0.29, 0.717) is 11.5 Å². The average molecular weight is 271 g/mol. The third kappa shape index (κ3) is 2.16. The minimum absolute atomic E-state index is 0.183. The lowest BCUT2D eigenvalue weighted by Gasteiger charge is -1.99. The Balaban J connectivity index is 2.05. The number of rotatable bonds is 3. The van der Waals surface area contributed by atoms with Crippen molar-refractivity contribution in [2.45, 2.75) is 13.3 Å². The predicted molar refractivity (Wildman–Crippen MR) is 72.0 cm³/mol. The van der Waals surface area contributed by atoms with E-state index in [1.165, 1.54) is 7.11 Å². The first-order chi connectivity index (χ1) is 9.67. The molecule has 1 N–H and O–H groups in total. The molecule has 0 saturated carbocycles. The second-order valence-corrected chi connectivity index (χ2v) is 4.49. The van der Waals surface area contributed by atoms with E-state index >= 15 is 0 Å². The molecule has 0 aliphatic rings. The monoisotopic (exact) mass is 271 g/mol. The third-order valence-electron chi connectivity index (χ3n) is 3.04. The summed E-state index contributed by atoms with van der Waals surface area (Å²) in [6.07, 6.45) is 1.95. The molecule has 102 valence electrons. The van der Waals surface area contributed by atoms with Gasteiger partial charge in [-0.1, -0.05) is 5.16 Å². The average Bonchev–Trinajstić information content (AvgIpc) is 3.05. The van der Waals surface area contributed by atoms with Crippen molar-refractivity contribution in [1.29, 1.82) is 0 Å². The van der Waals surface area contributed by atoms with Gasteiger partial charge in [0, 0.05) is 17.8 Å². The van der Waals surface area contributed by atoms with Crippen molar-refractivity contribution in [2.24, 2.45) is 0 Å². The van der Waals surface area contributed by atoms with E-state index in [2.05, 4.69) is 19.9 Å². The number of nitrogens with one attached hydrogen (secondary N) is 1. The van der Waals surface area contributed by atoms with E-state index < -0.39 is 0 Å². The van der Waals surface area contributed by atoms with Gasteiger partial charge in [0.05, 0.1) is 30.3 Å². The summed E-state index contributed by atoms with van der Waals surface area (Å²) in [7, 11) is 1.37. The standard InChI is InChI=1S/C14H13N3O3/c1-8-5-12(20-17-8)10-3-4-11-14(16-10)9(7-15-11)6-13(18)19-2/h3-5,7,15H,6H2,1-2H3. The number of pyridine rings is 1. The molecule has 6 nitrogen and oxygen atoms in total. The smallest absolute Gasteiger partial charge is 0.310 e. The van der Waals surface area contributed by atoms with Gasteiger partial charge >= 0.3 is 5.97 Å². The number of H-pyrrole nitrogens is 1. The number of fused-ring (bicyclic) bond motifs is 1. The number of nitrogens with zero attached hydrogens (tertiary/aromatic N) is 2. The van der Waals surface area contributed by atoms with Gasteiger partial charge in [-0.3, -0.25) is 4.79 Å². The van der Waals surface area contributed by atoms with Crippen LogP contribution in [0, 0.1) is 6.92 Å². The summed E-state index contributed by atoms with van der Waals surface area (Å²) in [5.74, 6) is 0.309. The summed E-state index contributed by atoms with van der Waals surface area (Å²) < 4.78 is 9.89. The molecular weight excluding hydrogens is 258 g/mol. The first kappa shape index (κ1) is 12.4. The van der Waals surface area contributed by atoms with E-state index in [1.54, 1.807) is 6.20 Å². The van der Waals surface area contributed by atoms with Crippen molar-refractivity contribution in [3.63, 3.8) is 0 Å². The number of hydrogen-bond donors (Lipinski definition) is 1. The summed E-state index contributed by atoms with van der Waals surface area (Å²) in [5.41, 5.74) is 3.88. The highest BCUT2D eigenvalue weighted by molar-refractivity contribution is 5.85. The maximum atomic E-state index is 11.4. The predicted octanol–water partition coefficient (Wildman–Crippen LogP) is 2.24. The van der Waals surface area contributed by atoms with Crippen LogP contribution in [0.2, 0.25) is 0 Å². The van der Waals surface area contributed by atoms with Crippen LogP contribution in [0.3, 0.4) is 0 Å². The van der Waals surface area contributed by atoms with Crippen molar-refractivity contribution in [3.8, 4) is 11.5 Å². The van der Waals surface area contributed by atoms with Crippen molar-refractivity contribution >= 4 is 17.0 Å². The van der Waals surface area contributed by atoms with Crippen LogP contribution in [0.15, 0.2) is 28.9 Å². The highest BCUT2D eigenvalue weighted by Crippen LogP contribution is 2.23. The molecule has 3 aromatic rings. The molecular formula is C14H13N3O3. The zero-order valence-electron chi connectivity index (χ0n) is 11.1. The number of aromatic nitrogens is 3. The summed E-state index contributed by atoms with van der Waals surface area (Å²) in [5, 5.41) is 3.85. The Morgan fingerprint density at radius 3 is 3.00 bits per heavy atom. The molecule has 0 bridgehead atoms. The number of aromatic amines is 1. The largest absolute Gasteiger partial charge is 0.469 e. The Labute approximate surface area is 114 Å². The Morgan fingerprint density at radius 1 is 1.45 bits per heavy atom. The fraction of sp³-hybridized carbons (Fsp3) is 0.214. The minimum Gasteiger partial charge on any atom is -0.469 e. The van der Waals surface area contributed by atoms with Crippen molar-refractivity contribution in [3.05, 3.63) is 35.7 Å². The van der Waals surface area contributed by atoms with Crippen LogP contribution in [0.25, 0.3) is 22.5 Å². The molecule has 6 heteroatoms. The topological polar surface area (TPSA) is 81.0 Å². The lowest BCUT2D eigenvalue weighted by Crippen LogP contribution is -2.04. The highest BCUT2D eigenvalue weighted by atomic mass is 16.5. The van der Waals surface area contributed by atoms with Crippen LogP contribution in [0.4, 0.5) is 0 Å². The molecule has 0 aromatic carbocycles. The molecule has 3 rings (SSSR count). The van der Waals surface area contributed by atoms with Crippen molar-refractivity contribution in [2.75, 3.05) is 7.11 Å². The summed E-state index contributed by atoms with van der Waals surface area (Å²) in [6, 6.07) is 5.57. The van der Waals surface area contributed by atoms with Crippen LogP contribution in [-0.4, -0.2) is 28.2 Å². The Bertz CT molecular complexity index is 773. The zero-order chi connectivity index (χ0) is 14.1. The fourth-order valence-electron chi connectivity index (χ4n) is 2.04. The summed E-state index contributed by atoms with van der Waals surface area (Å²) in [4.78, 5) is 19.0. The molecule has 0 fully saturated rings. The first-order valence-corrected chi connectivity index (χ1v) is 6.15. The zero-order valence-corrected chi connectivity index (χ0v) is 11.1. The molecule has 0 saturated heterocycles. The number of esters is 1. The number of hydrogen-bond acceptors (Lipinski definition) is 5. The van der Waals surface area contributed by atoms with Crippen LogP contribution in [0.5, 0.6) is 0 Å². The van der Waals surface area contributed by atoms with E-state index in [0.717, 1.165) is 22.3 Å². The molecule has 3 aromatic heterocycles. The van der Waals surface area contributed by atoms with E-state index in [1.807, 2.05) is 25.1 Å². The maximum absolute atomic E-state index is 11.4.